The predicted molar refractivity (Wildman–Crippen MR) is 142 cm³/mol. The first kappa shape index (κ1) is 27.1. The molecule has 0 spiro atoms. The van der Waals surface area contributed by atoms with Crippen LogP contribution in [-0.2, 0) is 26.0 Å². The quantitative estimate of drug-likeness (QED) is 0.269. The van der Waals surface area contributed by atoms with Crippen LogP contribution in [0.4, 0.5) is 13.2 Å². The Hall–Kier alpha value is -3.44. The summed E-state index contributed by atoms with van der Waals surface area (Å²) in [5, 5.41) is 0.0180. The van der Waals surface area contributed by atoms with E-state index in [9.17, 15) is 30.0 Å². The second-order valence-electron chi connectivity index (χ2n) is 9.67. The molecule has 0 saturated heterocycles. The van der Waals surface area contributed by atoms with Crippen molar-refractivity contribution in [1.82, 2.24) is 8.96 Å². The number of hydrogen-bond acceptors (Lipinski definition) is 5. The SMILES string of the molecule is CS(=O)(=O)c1ccc(C(=CC2CCCC2)c2cc3cc(C(F)(F)F)cnc3n2S(=O)(=O)c2ccccc2)cc1. The van der Waals surface area contributed by atoms with Gasteiger partial charge in [0.1, 0.15) is 0 Å². The summed E-state index contributed by atoms with van der Waals surface area (Å²) in [7, 11) is -7.76. The van der Waals surface area contributed by atoms with Crippen LogP contribution in [0.2, 0.25) is 0 Å². The second-order valence-corrected chi connectivity index (χ2v) is 13.5. The molecule has 4 aromatic rings. The largest absolute Gasteiger partial charge is 0.417 e. The molecule has 1 saturated carbocycles. The highest BCUT2D eigenvalue weighted by atomic mass is 32.2. The minimum absolute atomic E-state index is 0.0180. The number of rotatable bonds is 6. The molecule has 0 N–H and O–H groups in total. The number of alkyl halides is 3. The molecule has 2 aromatic carbocycles. The predicted octanol–water partition coefficient (Wildman–Crippen LogP) is 6.32. The fourth-order valence-corrected chi connectivity index (χ4v) is 7.06. The Morgan fingerprint density at radius 3 is 2.15 bits per heavy atom. The number of halogens is 3. The van der Waals surface area contributed by atoms with Gasteiger partial charge in [-0.25, -0.2) is 25.8 Å². The van der Waals surface area contributed by atoms with Crippen LogP contribution in [0.25, 0.3) is 16.6 Å². The molecule has 11 heteroatoms. The van der Waals surface area contributed by atoms with E-state index in [4.69, 9.17) is 0 Å². The summed E-state index contributed by atoms with van der Waals surface area (Å²) in [5.74, 6) is 0.124. The third-order valence-electron chi connectivity index (χ3n) is 6.88. The molecule has 0 atom stereocenters. The van der Waals surface area contributed by atoms with Crippen LogP contribution >= 0.6 is 0 Å². The van der Waals surface area contributed by atoms with Gasteiger partial charge in [-0.3, -0.25) is 0 Å². The molecule has 1 fully saturated rings. The fourth-order valence-electron chi connectivity index (χ4n) is 4.92. The summed E-state index contributed by atoms with van der Waals surface area (Å²) in [6, 6.07) is 16.0. The minimum Gasteiger partial charge on any atom is -0.237 e. The zero-order valence-corrected chi connectivity index (χ0v) is 22.5. The monoisotopic (exact) mass is 574 g/mol. The topological polar surface area (TPSA) is 86.1 Å². The van der Waals surface area contributed by atoms with Crippen LogP contribution in [0.1, 0.15) is 42.5 Å². The number of pyridine rings is 1. The lowest BCUT2D eigenvalue weighted by Gasteiger charge is -2.16. The van der Waals surface area contributed by atoms with Gasteiger partial charge in [-0.2, -0.15) is 13.2 Å². The van der Waals surface area contributed by atoms with E-state index in [2.05, 4.69) is 4.98 Å². The summed E-state index contributed by atoms with van der Waals surface area (Å²) < 4.78 is 93.6. The van der Waals surface area contributed by atoms with Gasteiger partial charge >= 0.3 is 6.18 Å². The maximum Gasteiger partial charge on any atom is 0.417 e. The number of fused-ring (bicyclic) bond motifs is 1. The highest BCUT2D eigenvalue weighted by molar-refractivity contribution is 7.90. The Morgan fingerprint density at radius 1 is 0.923 bits per heavy atom. The molecule has 0 amide bonds. The summed E-state index contributed by atoms with van der Waals surface area (Å²) >= 11 is 0. The number of sulfone groups is 1. The van der Waals surface area contributed by atoms with Crippen molar-refractivity contribution in [2.24, 2.45) is 5.92 Å². The molecular weight excluding hydrogens is 549 g/mol. The van der Waals surface area contributed by atoms with E-state index in [1.807, 2.05) is 6.08 Å². The normalized spacial score (nSPS) is 15.7. The first-order valence-electron chi connectivity index (χ1n) is 12.3. The Morgan fingerprint density at radius 2 is 1.56 bits per heavy atom. The van der Waals surface area contributed by atoms with Crippen molar-refractivity contribution < 1.29 is 30.0 Å². The first-order valence-corrected chi connectivity index (χ1v) is 15.6. The van der Waals surface area contributed by atoms with E-state index in [-0.39, 0.29) is 32.4 Å². The summed E-state index contributed by atoms with van der Waals surface area (Å²) in [5.41, 5.74) is 0.0481. The zero-order chi connectivity index (χ0) is 28.0. The van der Waals surface area contributed by atoms with E-state index < -0.39 is 31.6 Å². The molecule has 1 aliphatic rings. The molecule has 2 aromatic heterocycles. The van der Waals surface area contributed by atoms with Gasteiger partial charge in [0.15, 0.2) is 15.5 Å². The number of nitrogens with zero attached hydrogens (tertiary/aromatic N) is 2. The van der Waals surface area contributed by atoms with Gasteiger partial charge in [-0.1, -0.05) is 49.2 Å². The Kier molecular flexibility index (Phi) is 6.92. The Bertz CT molecular complexity index is 1770. The zero-order valence-electron chi connectivity index (χ0n) is 20.9. The minimum atomic E-state index is -4.66. The van der Waals surface area contributed by atoms with Crippen LogP contribution in [-0.4, -0.2) is 32.0 Å². The molecule has 5 rings (SSSR count). The van der Waals surface area contributed by atoms with Crippen LogP contribution in [0.15, 0.2) is 88.8 Å². The van der Waals surface area contributed by atoms with Gasteiger partial charge in [-0.15, -0.1) is 0 Å². The lowest BCUT2D eigenvalue weighted by Crippen LogP contribution is -2.17. The third kappa shape index (κ3) is 5.38. The molecule has 6 nitrogen and oxygen atoms in total. The van der Waals surface area contributed by atoms with Crippen molar-refractivity contribution >= 4 is 36.5 Å². The number of aromatic nitrogens is 2. The van der Waals surface area contributed by atoms with Crippen LogP contribution in [0, 0.1) is 5.92 Å². The third-order valence-corrected chi connectivity index (χ3v) is 9.73. The van der Waals surface area contributed by atoms with Crippen molar-refractivity contribution in [3.63, 3.8) is 0 Å². The van der Waals surface area contributed by atoms with E-state index in [0.29, 0.717) is 17.3 Å². The molecule has 0 radical (unpaired) electrons. The Balaban J connectivity index is 1.81. The van der Waals surface area contributed by atoms with Crippen molar-refractivity contribution in [2.45, 2.75) is 41.7 Å². The Labute approximate surface area is 224 Å². The van der Waals surface area contributed by atoms with Gasteiger partial charge < -0.3 is 0 Å². The van der Waals surface area contributed by atoms with Crippen LogP contribution < -0.4 is 0 Å². The average Bonchev–Trinajstić information content (AvgIpc) is 3.54. The molecule has 0 bridgehead atoms. The lowest BCUT2D eigenvalue weighted by atomic mass is 9.96. The van der Waals surface area contributed by atoms with E-state index in [0.717, 1.165) is 42.0 Å². The lowest BCUT2D eigenvalue weighted by molar-refractivity contribution is -0.137. The maximum absolute atomic E-state index is 14.0. The molecule has 204 valence electrons. The average molecular weight is 575 g/mol. The smallest absolute Gasteiger partial charge is 0.237 e. The molecular formula is C28H25F3N2O4S2. The molecule has 1 aliphatic carbocycles. The molecule has 0 unspecified atom stereocenters. The van der Waals surface area contributed by atoms with Gasteiger partial charge in [-0.05, 0) is 60.7 Å². The van der Waals surface area contributed by atoms with Crippen LogP contribution in [0.5, 0.6) is 0 Å². The standard InChI is InChI=1S/C28H25F3N2O4S2/c1-38(34,35)23-13-11-20(12-14-23)25(15-19-7-5-6-8-19)26-17-21-16-22(28(29,30)31)18-32-27(21)33(26)39(36,37)24-9-3-2-4-10-24/h2-4,9-19H,5-8H2,1H3. The van der Waals surface area contributed by atoms with Gasteiger partial charge in [0.05, 0.1) is 21.0 Å². The first-order chi connectivity index (χ1) is 18.4. The number of benzene rings is 2. The van der Waals surface area contributed by atoms with Gasteiger partial charge in [0.2, 0.25) is 0 Å². The summed E-state index contributed by atoms with van der Waals surface area (Å²) in [4.78, 5) is 4.03. The highest BCUT2D eigenvalue weighted by Crippen LogP contribution is 2.38. The molecule has 2 heterocycles. The number of allylic oxidation sites excluding steroid dienone is 1. The maximum atomic E-state index is 14.0. The van der Waals surface area contributed by atoms with Gasteiger partial charge in [0, 0.05) is 23.4 Å². The second kappa shape index (κ2) is 9.95. The summed E-state index contributed by atoms with van der Waals surface area (Å²) in [6.45, 7) is 0. The van der Waals surface area contributed by atoms with Gasteiger partial charge in [0.25, 0.3) is 10.0 Å². The fraction of sp³-hybridized carbons (Fsp3) is 0.250. The number of hydrogen-bond donors (Lipinski definition) is 0. The van der Waals surface area contributed by atoms with Crippen molar-refractivity contribution in [3.8, 4) is 0 Å². The van der Waals surface area contributed by atoms with E-state index in [1.54, 1.807) is 30.3 Å². The van der Waals surface area contributed by atoms with E-state index >= 15 is 0 Å². The molecule has 0 aliphatic heterocycles. The van der Waals surface area contributed by atoms with E-state index in [1.165, 1.54) is 30.3 Å². The highest BCUT2D eigenvalue weighted by Gasteiger charge is 2.33. The van der Waals surface area contributed by atoms with Crippen LogP contribution in [0.3, 0.4) is 0 Å². The van der Waals surface area contributed by atoms with Crippen molar-refractivity contribution in [2.75, 3.05) is 6.26 Å². The van der Waals surface area contributed by atoms with Crippen molar-refractivity contribution in [1.29, 1.82) is 0 Å². The molecule has 39 heavy (non-hydrogen) atoms. The van der Waals surface area contributed by atoms with Crippen molar-refractivity contribution in [3.05, 3.63) is 95.8 Å². The summed E-state index contributed by atoms with van der Waals surface area (Å²) in [6.07, 6.45) is 2.77.